The van der Waals surface area contributed by atoms with Gasteiger partial charge in [0, 0.05) is 29.4 Å². The van der Waals surface area contributed by atoms with E-state index in [2.05, 4.69) is 12.2 Å². The summed E-state index contributed by atoms with van der Waals surface area (Å²) in [4.78, 5) is 28.5. The van der Waals surface area contributed by atoms with E-state index in [1.165, 1.54) is 5.56 Å². The molecule has 4 nitrogen and oxygen atoms in total. The van der Waals surface area contributed by atoms with E-state index >= 15 is 0 Å². The summed E-state index contributed by atoms with van der Waals surface area (Å²) >= 11 is 7.64. The second kappa shape index (κ2) is 13.4. The lowest BCUT2D eigenvalue weighted by Crippen LogP contribution is -2.47. The molecule has 0 fully saturated rings. The highest BCUT2D eigenvalue weighted by molar-refractivity contribution is 7.99. The summed E-state index contributed by atoms with van der Waals surface area (Å²) in [6.07, 6.45) is 3.12. The van der Waals surface area contributed by atoms with Crippen molar-refractivity contribution in [2.75, 3.05) is 12.3 Å². The van der Waals surface area contributed by atoms with Gasteiger partial charge >= 0.3 is 0 Å². The Balaban J connectivity index is 1.96. The van der Waals surface area contributed by atoms with Crippen molar-refractivity contribution in [3.63, 3.8) is 0 Å². The molecule has 0 saturated carbocycles. The third-order valence-corrected chi connectivity index (χ3v) is 6.44. The first-order valence-corrected chi connectivity index (χ1v) is 12.3. The fraction of sp³-hybridized carbons (Fsp3) is 0.440. The largest absolute Gasteiger partial charge is 0.354 e. The molecule has 0 heterocycles. The Morgan fingerprint density at radius 3 is 2.39 bits per heavy atom. The van der Waals surface area contributed by atoms with Crippen LogP contribution in [0.4, 0.5) is 0 Å². The zero-order chi connectivity index (χ0) is 22.6. The summed E-state index contributed by atoms with van der Waals surface area (Å²) < 4.78 is 0. The van der Waals surface area contributed by atoms with Crippen LogP contribution in [0, 0.1) is 6.92 Å². The van der Waals surface area contributed by atoms with Gasteiger partial charge in [-0.1, -0.05) is 54.8 Å². The van der Waals surface area contributed by atoms with Crippen molar-refractivity contribution in [3.05, 3.63) is 64.7 Å². The van der Waals surface area contributed by atoms with Gasteiger partial charge in [-0.15, -0.1) is 11.8 Å². The molecule has 2 aromatic rings. The SMILES string of the molecule is CCCCNC(=O)[C@H](C)N(Cc1ccc(C)cc1)C(=O)CCCSc1ccc(Cl)cc1. The average Bonchev–Trinajstić information content (AvgIpc) is 2.77. The minimum atomic E-state index is -0.505. The topological polar surface area (TPSA) is 49.4 Å². The number of hydrogen-bond acceptors (Lipinski definition) is 3. The first-order chi connectivity index (χ1) is 14.9. The predicted octanol–water partition coefficient (Wildman–Crippen LogP) is 5.85. The van der Waals surface area contributed by atoms with E-state index in [0.717, 1.165) is 40.5 Å². The number of aryl methyl sites for hydroxylation is 1. The van der Waals surface area contributed by atoms with Crippen molar-refractivity contribution in [1.29, 1.82) is 0 Å². The van der Waals surface area contributed by atoms with Crippen LogP contribution in [0.25, 0.3) is 0 Å². The molecule has 0 aliphatic rings. The summed E-state index contributed by atoms with van der Waals surface area (Å²) in [5, 5.41) is 3.68. The Kier molecular flexibility index (Phi) is 11.0. The molecule has 0 unspecified atom stereocenters. The summed E-state index contributed by atoms with van der Waals surface area (Å²) in [5.74, 6) is 0.753. The van der Waals surface area contributed by atoms with Crippen LogP contribution in [0.1, 0.15) is 50.7 Å². The lowest BCUT2D eigenvalue weighted by atomic mass is 10.1. The summed E-state index contributed by atoms with van der Waals surface area (Å²) in [5.41, 5.74) is 2.20. The molecule has 6 heteroatoms. The molecule has 168 valence electrons. The number of nitrogens with zero attached hydrogens (tertiary/aromatic N) is 1. The van der Waals surface area contributed by atoms with E-state index < -0.39 is 6.04 Å². The molecule has 2 rings (SSSR count). The molecule has 0 saturated heterocycles. The first kappa shape index (κ1) is 25.3. The van der Waals surface area contributed by atoms with Gasteiger partial charge in [-0.3, -0.25) is 9.59 Å². The molecule has 1 atom stereocenters. The van der Waals surface area contributed by atoms with Crippen LogP contribution < -0.4 is 5.32 Å². The Hall–Kier alpha value is -1.98. The number of amides is 2. The molecule has 2 aromatic carbocycles. The number of unbranched alkanes of at least 4 members (excludes halogenated alkanes) is 1. The van der Waals surface area contributed by atoms with E-state index in [1.54, 1.807) is 16.7 Å². The number of carbonyl (C=O) groups excluding carboxylic acids is 2. The van der Waals surface area contributed by atoms with Gasteiger partial charge in [-0.05, 0) is 62.3 Å². The number of rotatable bonds is 12. The van der Waals surface area contributed by atoms with Crippen LogP contribution in [0.5, 0.6) is 0 Å². The highest BCUT2D eigenvalue weighted by Crippen LogP contribution is 2.22. The van der Waals surface area contributed by atoms with Gasteiger partial charge in [0.05, 0.1) is 0 Å². The number of nitrogens with one attached hydrogen (secondary N) is 1. The van der Waals surface area contributed by atoms with Gasteiger partial charge in [0.15, 0.2) is 0 Å². The van der Waals surface area contributed by atoms with E-state index in [-0.39, 0.29) is 11.8 Å². The normalized spacial score (nSPS) is 11.7. The zero-order valence-electron chi connectivity index (χ0n) is 18.7. The van der Waals surface area contributed by atoms with Gasteiger partial charge in [0.25, 0.3) is 0 Å². The lowest BCUT2D eigenvalue weighted by Gasteiger charge is -2.29. The van der Waals surface area contributed by atoms with Crippen LogP contribution in [0.15, 0.2) is 53.4 Å². The Bertz CT molecular complexity index is 824. The van der Waals surface area contributed by atoms with Gasteiger partial charge in [0.2, 0.25) is 11.8 Å². The van der Waals surface area contributed by atoms with Crippen LogP contribution >= 0.6 is 23.4 Å². The average molecular weight is 461 g/mol. The van der Waals surface area contributed by atoms with Crippen LogP contribution in [0.2, 0.25) is 5.02 Å². The monoisotopic (exact) mass is 460 g/mol. The molecular formula is C25H33ClN2O2S. The summed E-state index contributed by atoms with van der Waals surface area (Å²) in [7, 11) is 0. The van der Waals surface area contributed by atoms with Crippen molar-refractivity contribution in [3.8, 4) is 0 Å². The molecule has 0 aliphatic carbocycles. The number of hydrogen-bond donors (Lipinski definition) is 1. The first-order valence-electron chi connectivity index (χ1n) is 10.9. The molecule has 1 N–H and O–H groups in total. The van der Waals surface area contributed by atoms with Crippen molar-refractivity contribution >= 4 is 35.2 Å². The van der Waals surface area contributed by atoms with Gasteiger partial charge in [-0.25, -0.2) is 0 Å². The van der Waals surface area contributed by atoms with E-state index in [1.807, 2.05) is 62.4 Å². The maximum Gasteiger partial charge on any atom is 0.242 e. The van der Waals surface area contributed by atoms with E-state index in [0.29, 0.717) is 19.5 Å². The van der Waals surface area contributed by atoms with Crippen molar-refractivity contribution in [1.82, 2.24) is 10.2 Å². The van der Waals surface area contributed by atoms with Gasteiger partial charge < -0.3 is 10.2 Å². The molecule has 0 aliphatic heterocycles. The predicted molar refractivity (Wildman–Crippen MR) is 131 cm³/mol. The maximum atomic E-state index is 13.1. The summed E-state index contributed by atoms with van der Waals surface area (Å²) in [6, 6.07) is 15.3. The molecule has 0 radical (unpaired) electrons. The molecular weight excluding hydrogens is 428 g/mol. The summed E-state index contributed by atoms with van der Waals surface area (Å²) in [6.45, 7) is 7.02. The number of thioether (sulfide) groups is 1. The molecule has 0 spiro atoms. The van der Waals surface area contributed by atoms with Crippen molar-refractivity contribution in [2.24, 2.45) is 0 Å². The van der Waals surface area contributed by atoms with Gasteiger partial charge in [0.1, 0.15) is 6.04 Å². The molecule has 31 heavy (non-hydrogen) atoms. The third kappa shape index (κ3) is 8.96. The van der Waals surface area contributed by atoms with E-state index in [9.17, 15) is 9.59 Å². The third-order valence-electron chi connectivity index (χ3n) is 5.09. The quantitative estimate of drug-likeness (QED) is 0.319. The Morgan fingerprint density at radius 1 is 1.06 bits per heavy atom. The van der Waals surface area contributed by atoms with Crippen molar-refractivity contribution < 1.29 is 9.59 Å². The standard InChI is InChI=1S/C25H33ClN2O2S/c1-4-5-16-27-25(30)20(3)28(18-21-10-8-19(2)9-11-21)24(29)7-6-17-31-23-14-12-22(26)13-15-23/h8-15,20H,4-7,16-18H2,1-3H3,(H,27,30)/t20-/m0/s1. The smallest absolute Gasteiger partial charge is 0.242 e. The molecule has 0 aromatic heterocycles. The minimum Gasteiger partial charge on any atom is -0.354 e. The number of carbonyl (C=O) groups is 2. The van der Waals surface area contributed by atoms with Gasteiger partial charge in [-0.2, -0.15) is 0 Å². The van der Waals surface area contributed by atoms with Crippen LogP contribution in [-0.4, -0.2) is 35.1 Å². The second-order valence-corrected chi connectivity index (χ2v) is 9.34. The Morgan fingerprint density at radius 2 is 1.74 bits per heavy atom. The zero-order valence-corrected chi connectivity index (χ0v) is 20.3. The molecule has 0 bridgehead atoms. The highest BCUT2D eigenvalue weighted by atomic mass is 35.5. The van der Waals surface area contributed by atoms with E-state index in [4.69, 9.17) is 11.6 Å². The minimum absolute atomic E-state index is 0.00965. The Labute approximate surface area is 195 Å². The lowest BCUT2D eigenvalue weighted by molar-refractivity contribution is -0.140. The number of benzene rings is 2. The fourth-order valence-electron chi connectivity index (χ4n) is 3.10. The van der Waals surface area contributed by atoms with Crippen LogP contribution in [0.3, 0.4) is 0 Å². The van der Waals surface area contributed by atoms with Crippen LogP contribution in [-0.2, 0) is 16.1 Å². The fourth-order valence-corrected chi connectivity index (χ4v) is 4.08. The second-order valence-electron chi connectivity index (χ2n) is 7.73. The molecule has 2 amide bonds. The maximum absolute atomic E-state index is 13.1. The van der Waals surface area contributed by atoms with Crippen molar-refractivity contribution in [2.45, 2.75) is 63.9 Å². The number of halogens is 1. The highest BCUT2D eigenvalue weighted by Gasteiger charge is 2.25.